The molecule has 1 saturated carbocycles. The zero-order valence-corrected chi connectivity index (χ0v) is 13.8. The highest BCUT2D eigenvalue weighted by Gasteiger charge is 2.42. The second kappa shape index (κ2) is 11.5. The molecule has 0 heterocycles. The van der Waals surface area contributed by atoms with E-state index in [9.17, 15) is 0 Å². The molecule has 3 heteroatoms. The summed E-state index contributed by atoms with van der Waals surface area (Å²) >= 11 is 0. The van der Waals surface area contributed by atoms with E-state index >= 15 is 0 Å². The van der Waals surface area contributed by atoms with Crippen LogP contribution in [0, 0.1) is 0 Å². The maximum Gasteiger partial charge on any atom is 0.0990 e. The molecule has 0 spiro atoms. The van der Waals surface area contributed by atoms with Crippen molar-refractivity contribution in [3.05, 3.63) is 0 Å². The molecule has 0 aliphatic heterocycles. The van der Waals surface area contributed by atoms with Gasteiger partial charge in [0.15, 0.2) is 0 Å². The van der Waals surface area contributed by atoms with Crippen molar-refractivity contribution in [3.8, 4) is 0 Å². The number of hydrogen-bond acceptors (Lipinski definition) is 3. The van der Waals surface area contributed by atoms with Crippen LogP contribution in [0.4, 0.5) is 0 Å². The van der Waals surface area contributed by atoms with Crippen molar-refractivity contribution in [2.24, 2.45) is 0 Å². The second-order valence-corrected chi connectivity index (χ2v) is 5.96. The minimum atomic E-state index is 0.275. The molecule has 1 fully saturated rings. The number of nitrogens with one attached hydrogen (secondary N) is 1. The molecule has 20 heavy (non-hydrogen) atoms. The first-order valence-electron chi connectivity index (χ1n) is 8.80. The van der Waals surface area contributed by atoms with Crippen LogP contribution in [0.3, 0.4) is 0 Å². The Labute approximate surface area is 125 Å². The van der Waals surface area contributed by atoms with Gasteiger partial charge in [0, 0.05) is 19.3 Å². The summed E-state index contributed by atoms with van der Waals surface area (Å²) in [5, 5.41) is 3.57. The molecule has 120 valence electrons. The summed E-state index contributed by atoms with van der Waals surface area (Å²) < 4.78 is 12.0. The second-order valence-electron chi connectivity index (χ2n) is 5.96. The maximum absolute atomic E-state index is 6.01. The summed E-state index contributed by atoms with van der Waals surface area (Å²) in [6.07, 6.45) is 10.5. The fourth-order valence-corrected chi connectivity index (χ4v) is 2.69. The summed E-state index contributed by atoms with van der Waals surface area (Å²) in [6, 6.07) is 0.506. The molecule has 0 aromatic rings. The highest BCUT2D eigenvalue weighted by Crippen LogP contribution is 2.28. The molecule has 0 saturated heterocycles. The lowest BCUT2D eigenvalue weighted by atomic mass is 9.85. The van der Waals surface area contributed by atoms with Gasteiger partial charge in [0.05, 0.1) is 12.2 Å². The lowest BCUT2D eigenvalue weighted by Crippen LogP contribution is -2.60. The Kier molecular flexibility index (Phi) is 10.3. The average Bonchev–Trinajstić information content (AvgIpc) is 2.44. The van der Waals surface area contributed by atoms with Gasteiger partial charge < -0.3 is 14.8 Å². The van der Waals surface area contributed by atoms with Gasteiger partial charge in [-0.05, 0) is 32.2 Å². The first-order chi connectivity index (χ1) is 9.83. The summed E-state index contributed by atoms with van der Waals surface area (Å²) in [4.78, 5) is 0. The highest BCUT2D eigenvalue weighted by atomic mass is 16.5. The van der Waals surface area contributed by atoms with Gasteiger partial charge in [0.1, 0.15) is 0 Å². The van der Waals surface area contributed by atoms with Gasteiger partial charge >= 0.3 is 0 Å². The molecule has 0 amide bonds. The van der Waals surface area contributed by atoms with E-state index in [4.69, 9.17) is 9.47 Å². The van der Waals surface area contributed by atoms with Gasteiger partial charge in [-0.1, -0.05) is 46.5 Å². The van der Waals surface area contributed by atoms with Gasteiger partial charge in [-0.2, -0.15) is 0 Å². The summed E-state index contributed by atoms with van der Waals surface area (Å²) in [5.74, 6) is 0. The molecular formula is C17H35NO2. The molecule has 3 nitrogen and oxygen atoms in total. The number of rotatable bonds is 13. The molecule has 1 N–H and O–H groups in total. The first kappa shape index (κ1) is 17.9. The predicted octanol–water partition coefficient (Wildman–Crippen LogP) is 3.91. The van der Waals surface area contributed by atoms with Crippen LogP contribution in [0.2, 0.25) is 0 Å². The smallest absolute Gasteiger partial charge is 0.0990 e. The zero-order valence-electron chi connectivity index (χ0n) is 13.8. The lowest BCUT2D eigenvalue weighted by Gasteiger charge is -2.44. The SMILES string of the molecule is CCCCCCCOC1CC(NCCC)C1OCCC. The lowest BCUT2D eigenvalue weighted by molar-refractivity contribution is -0.147. The molecule has 1 aliphatic carbocycles. The predicted molar refractivity (Wildman–Crippen MR) is 85.2 cm³/mol. The molecule has 0 radical (unpaired) electrons. The molecule has 0 aromatic carbocycles. The van der Waals surface area contributed by atoms with Gasteiger partial charge in [-0.25, -0.2) is 0 Å². The van der Waals surface area contributed by atoms with Gasteiger partial charge in [0.2, 0.25) is 0 Å². The fraction of sp³-hybridized carbons (Fsp3) is 1.00. The Balaban J connectivity index is 2.13. The molecule has 1 aliphatic rings. The van der Waals surface area contributed by atoms with Crippen molar-refractivity contribution in [2.45, 2.75) is 90.4 Å². The monoisotopic (exact) mass is 285 g/mol. The Morgan fingerprint density at radius 1 is 0.850 bits per heavy atom. The van der Waals surface area contributed by atoms with E-state index in [-0.39, 0.29) is 6.10 Å². The van der Waals surface area contributed by atoms with Gasteiger partial charge in [-0.15, -0.1) is 0 Å². The van der Waals surface area contributed by atoms with Crippen LogP contribution in [0.1, 0.15) is 72.1 Å². The Morgan fingerprint density at radius 3 is 2.35 bits per heavy atom. The zero-order chi connectivity index (χ0) is 14.6. The van der Waals surface area contributed by atoms with Crippen LogP contribution in [0.25, 0.3) is 0 Å². The van der Waals surface area contributed by atoms with Crippen molar-refractivity contribution in [2.75, 3.05) is 19.8 Å². The Morgan fingerprint density at radius 2 is 1.65 bits per heavy atom. The van der Waals surface area contributed by atoms with E-state index in [0.717, 1.165) is 32.6 Å². The van der Waals surface area contributed by atoms with Crippen LogP contribution in [0.5, 0.6) is 0 Å². The van der Waals surface area contributed by atoms with Crippen molar-refractivity contribution >= 4 is 0 Å². The third-order valence-electron chi connectivity index (χ3n) is 4.00. The molecule has 1 rings (SSSR count). The van der Waals surface area contributed by atoms with Gasteiger partial charge in [-0.3, -0.25) is 0 Å². The Hall–Kier alpha value is -0.120. The Bertz CT molecular complexity index is 223. The quantitative estimate of drug-likeness (QED) is 0.520. The third kappa shape index (κ3) is 6.55. The van der Waals surface area contributed by atoms with Crippen LogP contribution < -0.4 is 5.32 Å². The standard InChI is InChI=1S/C17H35NO2/c1-4-7-8-9-10-13-19-16-14-15(18-11-5-2)17(16)20-12-6-3/h15-18H,4-14H2,1-3H3. The minimum absolute atomic E-state index is 0.275. The summed E-state index contributed by atoms with van der Waals surface area (Å²) in [7, 11) is 0. The van der Waals surface area contributed by atoms with Crippen molar-refractivity contribution in [3.63, 3.8) is 0 Å². The van der Waals surface area contributed by atoms with Crippen molar-refractivity contribution in [1.82, 2.24) is 5.32 Å². The molecule has 0 bridgehead atoms. The van der Waals surface area contributed by atoms with Crippen LogP contribution in [-0.2, 0) is 9.47 Å². The molecule has 3 atom stereocenters. The van der Waals surface area contributed by atoms with E-state index in [1.165, 1.54) is 38.5 Å². The normalized spacial score (nSPS) is 25.6. The number of ether oxygens (including phenoxy) is 2. The van der Waals surface area contributed by atoms with Crippen LogP contribution >= 0.6 is 0 Å². The topological polar surface area (TPSA) is 30.5 Å². The van der Waals surface area contributed by atoms with Crippen molar-refractivity contribution < 1.29 is 9.47 Å². The highest BCUT2D eigenvalue weighted by molar-refractivity contribution is 4.97. The largest absolute Gasteiger partial charge is 0.375 e. The van der Waals surface area contributed by atoms with Crippen LogP contribution in [0.15, 0.2) is 0 Å². The molecule has 0 aromatic heterocycles. The van der Waals surface area contributed by atoms with E-state index in [1.807, 2.05) is 0 Å². The van der Waals surface area contributed by atoms with E-state index in [0.29, 0.717) is 12.1 Å². The maximum atomic E-state index is 6.01. The van der Waals surface area contributed by atoms with Crippen LogP contribution in [-0.4, -0.2) is 38.0 Å². The van der Waals surface area contributed by atoms with E-state index < -0.39 is 0 Å². The van der Waals surface area contributed by atoms with E-state index in [1.54, 1.807) is 0 Å². The molecule has 3 unspecified atom stereocenters. The van der Waals surface area contributed by atoms with E-state index in [2.05, 4.69) is 26.1 Å². The summed E-state index contributed by atoms with van der Waals surface area (Å²) in [6.45, 7) is 9.46. The molecular weight excluding hydrogens is 250 g/mol. The van der Waals surface area contributed by atoms with Crippen molar-refractivity contribution in [1.29, 1.82) is 0 Å². The van der Waals surface area contributed by atoms with Gasteiger partial charge in [0.25, 0.3) is 0 Å². The fourth-order valence-electron chi connectivity index (χ4n) is 2.69. The first-order valence-corrected chi connectivity index (χ1v) is 8.80. The third-order valence-corrected chi connectivity index (χ3v) is 4.00. The number of hydrogen-bond donors (Lipinski definition) is 1. The average molecular weight is 285 g/mol. The summed E-state index contributed by atoms with van der Waals surface area (Å²) in [5.41, 5.74) is 0. The number of unbranched alkanes of at least 4 members (excludes halogenated alkanes) is 4. The minimum Gasteiger partial charge on any atom is -0.375 e.